The average molecular weight is 482 g/mol. The van der Waals surface area contributed by atoms with Crippen LogP contribution in [0, 0.1) is 6.92 Å². The molecule has 3 aromatic carbocycles. The SMILES string of the molecule is COc1ccc(S(=O)(=O)N(CC(=O)Nc2ccc3sncc3c2)Cc2ccccc2)cc1C. The predicted molar refractivity (Wildman–Crippen MR) is 130 cm³/mol. The number of rotatable bonds is 8. The Bertz CT molecular complexity index is 1390. The lowest BCUT2D eigenvalue weighted by molar-refractivity contribution is -0.116. The van der Waals surface area contributed by atoms with Crippen molar-refractivity contribution < 1.29 is 17.9 Å². The van der Waals surface area contributed by atoms with Gasteiger partial charge < -0.3 is 10.1 Å². The van der Waals surface area contributed by atoms with Gasteiger partial charge in [0.25, 0.3) is 0 Å². The third kappa shape index (κ3) is 5.22. The summed E-state index contributed by atoms with van der Waals surface area (Å²) in [6, 6.07) is 19.3. The largest absolute Gasteiger partial charge is 0.496 e. The standard InChI is InChI=1S/C24H23N3O4S2/c1-17-12-21(9-10-22(17)31-2)33(29,30)27(15-18-6-4-3-5-7-18)16-24(28)26-20-8-11-23-19(13-20)14-25-32-23/h3-14H,15-16H2,1-2H3,(H,26,28). The lowest BCUT2D eigenvalue weighted by Gasteiger charge is -2.22. The molecule has 9 heteroatoms. The van der Waals surface area contributed by atoms with Gasteiger partial charge in [-0.2, -0.15) is 8.68 Å². The van der Waals surface area contributed by atoms with Crippen LogP contribution < -0.4 is 10.1 Å². The molecule has 170 valence electrons. The summed E-state index contributed by atoms with van der Waals surface area (Å²) in [5.41, 5.74) is 2.07. The van der Waals surface area contributed by atoms with E-state index in [4.69, 9.17) is 4.74 Å². The number of hydrogen-bond donors (Lipinski definition) is 1. The third-order valence-electron chi connectivity index (χ3n) is 5.16. The Hall–Kier alpha value is -3.27. The van der Waals surface area contributed by atoms with Crippen LogP contribution in [0.5, 0.6) is 5.75 Å². The second-order valence-electron chi connectivity index (χ2n) is 7.52. The third-order valence-corrected chi connectivity index (χ3v) is 7.73. The molecular formula is C24H23N3O4S2. The monoisotopic (exact) mass is 481 g/mol. The first-order valence-electron chi connectivity index (χ1n) is 10.2. The molecule has 0 bridgehead atoms. The highest BCUT2D eigenvalue weighted by atomic mass is 32.2. The number of sulfonamides is 1. The Morgan fingerprint density at radius 3 is 2.61 bits per heavy atom. The van der Waals surface area contributed by atoms with E-state index in [0.29, 0.717) is 17.0 Å². The first-order chi connectivity index (χ1) is 15.9. The molecule has 0 aliphatic rings. The second kappa shape index (κ2) is 9.70. The van der Waals surface area contributed by atoms with Gasteiger partial charge in [-0.15, -0.1) is 0 Å². The molecule has 0 unspecified atom stereocenters. The summed E-state index contributed by atoms with van der Waals surface area (Å²) in [5.74, 6) is 0.168. The van der Waals surface area contributed by atoms with Crippen molar-refractivity contribution in [1.82, 2.24) is 8.68 Å². The highest BCUT2D eigenvalue weighted by Gasteiger charge is 2.27. The summed E-state index contributed by atoms with van der Waals surface area (Å²) in [7, 11) is -2.42. The molecule has 7 nitrogen and oxygen atoms in total. The van der Waals surface area contributed by atoms with Gasteiger partial charge in [0.15, 0.2) is 0 Å². The number of benzene rings is 3. The smallest absolute Gasteiger partial charge is 0.243 e. The fourth-order valence-corrected chi connectivity index (χ4v) is 5.58. The summed E-state index contributed by atoms with van der Waals surface area (Å²) in [4.78, 5) is 13.0. The second-order valence-corrected chi connectivity index (χ2v) is 10.3. The zero-order valence-electron chi connectivity index (χ0n) is 18.2. The van der Waals surface area contributed by atoms with Crippen LogP contribution in [0.2, 0.25) is 0 Å². The number of carbonyl (C=O) groups excluding carboxylic acids is 1. The minimum absolute atomic E-state index is 0.0646. The van der Waals surface area contributed by atoms with E-state index in [9.17, 15) is 13.2 Å². The molecule has 0 aliphatic carbocycles. The lowest BCUT2D eigenvalue weighted by Crippen LogP contribution is -2.37. The molecule has 1 aromatic heterocycles. The van der Waals surface area contributed by atoms with Crippen molar-refractivity contribution >= 4 is 43.2 Å². The van der Waals surface area contributed by atoms with Gasteiger partial charge in [0.05, 0.1) is 23.2 Å². The predicted octanol–water partition coefficient (Wildman–Crippen LogP) is 4.44. The number of hydrogen-bond acceptors (Lipinski definition) is 6. The number of aromatic nitrogens is 1. The van der Waals surface area contributed by atoms with E-state index in [1.54, 1.807) is 31.3 Å². The molecule has 0 atom stereocenters. The number of aryl methyl sites for hydroxylation is 1. The molecule has 4 rings (SSSR count). The van der Waals surface area contributed by atoms with Crippen LogP contribution in [0.25, 0.3) is 10.1 Å². The quantitative estimate of drug-likeness (QED) is 0.402. The Morgan fingerprint density at radius 1 is 1.09 bits per heavy atom. The van der Waals surface area contributed by atoms with Crippen molar-refractivity contribution in [1.29, 1.82) is 0 Å². The van der Waals surface area contributed by atoms with Crippen molar-refractivity contribution in [2.75, 3.05) is 19.0 Å². The number of nitrogens with one attached hydrogen (secondary N) is 1. The number of nitrogens with zero attached hydrogens (tertiary/aromatic N) is 2. The maximum absolute atomic E-state index is 13.5. The number of anilines is 1. The Balaban J connectivity index is 1.61. The Labute approximate surface area is 196 Å². The van der Waals surface area contributed by atoms with Gasteiger partial charge in [0.1, 0.15) is 5.75 Å². The van der Waals surface area contributed by atoms with Gasteiger partial charge in [-0.25, -0.2) is 8.42 Å². The summed E-state index contributed by atoms with van der Waals surface area (Å²) >= 11 is 1.37. The summed E-state index contributed by atoms with van der Waals surface area (Å²) < 4.78 is 38.6. The van der Waals surface area contributed by atoms with Crippen LogP contribution in [0.3, 0.4) is 0 Å². The molecule has 0 aliphatic heterocycles. The highest BCUT2D eigenvalue weighted by molar-refractivity contribution is 7.89. The van der Waals surface area contributed by atoms with Crippen LogP contribution in [-0.2, 0) is 21.4 Å². The first kappa shape index (κ1) is 22.9. The molecule has 1 N–H and O–H groups in total. The number of ether oxygens (including phenoxy) is 1. The fourth-order valence-electron chi connectivity index (χ4n) is 3.48. The normalized spacial score (nSPS) is 11.6. The topological polar surface area (TPSA) is 88.6 Å². The van der Waals surface area contributed by atoms with Gasteiger partial charge in [0.2, 0.25) is 15.9 Å². The minimum Gasteiger partial charge on any atom is -0.496 e. The number of methoxy groups -OCH3 is 1. The van der Waals surface area contributed by atoms with E-state index in [0.717, 1.165) is 15.6 Å². The van der Waals surface area contributed by atoms with E-state index in [2.05, 4.69) is 9.69 Å². The summed E-state index contributed by atoms with van der Waals surface area (Å²) in [5, 5.41) is 3.72. The van der Waals surface area contributed by atoms with Crippen LogP contribution >= 0.6 is 11.5 Å². The number of amides is 1. The zero-order chi connectivity index (χ0) is 23.4. The molecule has 0 saturated heterocycles. The first-order valence-corrected chi connectivity index (χ1v) is 12.4. The van der Waals surface area contributed by atoms with Crippen LogP contribution in [-0.4, -0.2) is 36.7 Å². The summed E-state index contributed by atoms with van der Waals surface area (Å²) in [6.45, 7) is 1.51. The van der Waals surface area contributed by atoms with Crippen LogP contribution in [0.15, 0.2) is 77.8 Å². The van der Waals surface area contributed by atoms with Crippen molar-refractivity contribution in [2.45, 2.75) is 18.4 Å². The molecule has 1 amide bonds. The minimum atomic E-state index is -3.95. The molecule has 0 radical (unpaired) electrons. The average Bonchev–Trinajstić information content (AvgIpc) is 3.27. The van der Waals surface area contributed by atoms with E-state index in [1.807, 2.05) is 42.5 Å². The summed E-state index contributed by atoms with van der Waals surface area (Å²) in [6.07, 6.45) is 1.73. The van der Waals surface area contributed by atoms with Crippen LogP contribution in [0.1, 0.15) is 11.1 Å². The van der Waals surface area contributed by atoms with Crippen molar-refractivity contribution in [3.05, 3.63) is 84.1 Å². The van der Waals surface area contributed by atoms with Crippen LogP contribution in [0.4, 0.5) is 5.69 Å². The van der Waals surface area contributed by atoms with Gasteiger partial charge in [-0.3, -0.25) is 4.79 Å². The zero-order valence-corrected chi connectivity index (χ0v) is 19.8. The van der Waals surface area contributed by atoms with Gasteiger partial charge in [0, 0.05) is 23.8 Å². The molecule has 33 heavy (non-hydrogen) atoms. The Morgan fingerprint density at radius 2 is 1.88 bits per heavy atom. The highest BCUT2D eigenvalue weighted by Crippen LogP contribution is 2.25. The van der Waals surface area contributed by atoms with E-state index in [-0.39, 0.29) is 18.0 Å². The molecule has 0 spiro atoms. The maximum Gasteiger partial charge on any atom is 0.243 e. The van der Waals surface area contributed by atoms with Gasteiger partial charge in [-0.05, 0) is 66.0 Å². The lowest BCUT2D eigenvalue weighted by atomic mass is 10.2. The fraction of sp³-hybridized carbons (Fsp3) is 0.167. The van der Waals surface area contributed by atoms with E-state index in [1.165, 1.54) is 29.0 Å². The van der Waals surface area contributed by atoms with Gasteiger partial charge in [-0.1, -0.05) is 30.3 Å². The van der Waals surface area contributed by atoms with Crippen molar-refractivity contribution in [2.24, 2.45) is 0 Å². The van der Waals surface area contributed by atoms with Crippen molar-refractivity contribution in [3.8, 4) is 5.75 Å². The maximum atomic E-state index is 13.5. The molecule has 0 fully saturated rings. The van der Waals surface area contributed by atoms with E-state index >= 15 is 0 Å². The van der Waals surface area contributed by atoms with E-state index < -0.39 is 15.9 Å². The van der Waals surface area contributed by atoms with Crippen molar-refractivity contribution in [3.63, 3.8) is 0 Å². The molecule has 0 saturated carbocycles. The number of fused-ring (bicyclic) bond motifs is 1. The molecule has 4 aromatic rings. The molecular weight excluding hydrogens is 458 g/mol. The number of carbonyl (C=O) groups is 1. The molecule has 1 heterocycles. The Kier molecular flexibility index (Phi) is 6.73. The van der Waals surface area contributed by atoms with Gasteiger partial charge >= 0.3 is 0 Å².